The van der Waals surface area contributed by atoms with Gasteiger partial charge in [0.25, 0.3) is 0 Å². The van der Waals surface area contributed by atoms with Crippen molar-refractivity contribution in [3.63, 3.8) is 0 Å². The highest BCUT2D eigenvalue weighted by Crippen LogP contribution is 2.30. The summed E-state index contributed by atoms with van der Waals surface area (Å²) in [5.41, 5.74) is 0.814. The van der Waals surface area contributed by atoms with E-state index in [1.165, 1.54) is 25.3 Å². The first-order chi connectivity index (χ1) is 14.1. The molecule has 0 saturated carbocycles. The normalized spacial score (nSPS) is 15.3. The molecule has 1 aliphatic heterocycles. The smallest absolute Gasteiger partial charge is 0.342 e. The van der Waals surface area contributed by atoms with Gasteiger partial charge in [0.2, 0.25) is 15.9 Å². The Morgan fingerprint density at radius 1 is 1.07 bits per heavy atom. The van der Waals surface area contributed by atoms with Crippen LogP contribution in [0.5, 0.6) is 0 Å². The number of ether oxygens (including phenoxy) is 1. The van der Waals surface area contributed by atoms with Gasteiger partial charge in [-0.3, -0.25) is 4.79 Å². The van der Waals surface area contributed by atoms with Crippen LogP contribution in [0.4, 0.5) is 0 Å². The van der Waals surface area contributed by atoms with E-state index in [1.54, 1.807) is 4.90 Å². The number of benzene rings is 1. The van der Waals surface area contributed by atoms with Crippen LogP contribution in [0.25, 0.3) is 0 Å². The Balaban J connectivity index is 1.72. The zero-order valence-corrected chi connectivity index (χ0v) is 19.4. The van der Waals surface area contributed by atoms with Crippen LogP contribution in [0.3, 0.4) is 0 Å². The van der Waals surface area contributed by atoms with Crippen molar-refractivity contribution in [2.24, 2.45) is 0 Å². The van der Waals surface area contributed by atoms with Crippen LogP contribution in [0.1, 0.15) is 27.4 Å². The maximum atomic E-state index is 13.2. The molecule has 10 heteroatoms. The van der Waals surface area contributed by atoms with Gasteiger partial charge in [-0.15, -0.1) is 0 Å². The molecule has 3 rings (SSSR count). The second-order valence-electron chi connectivity index (χ2n) is 7.00. The molecule has 2 aromatic rings. The third-order valence-corrected chi connectivity index (χ3v) is 7.63. The van der Waals surface area contributed by atoms with Crippen LogP contribution >= 0.6 is 15.9 Å². The van der Waals surface area contributed by atoms with Crippen molar-refractivity contribution < 1.29 is 27.2 Å². The number of hydrogen-bond acceptors (Lipinski definition) is 6. The van der Waals surface area contributed by atoms with Gasteiger partial charge >= 0.3 is 5.97 Å². The number of aryl methyl sites for hydroxylation is 2. The Morgan fingerprint density at radius 2 is 1.67 bits per heavy atom. The first-order valence-electron chi connectivity index (χ1n) is 9.35. The Morgan fingerprint density at radius 3 is 2.23 bits per heavy atom. The molecule has 0 atom stereocenters. The molecule has 1 aromatic carbocycles. The average molecular weight is 499 g/mol. The molecule has 162 valence electrons. The summed E-state index contributed by atoms with van der Waals surface area (Å²) in [6.07, 6.45) is 0.257. The van der Waals surface area contributed by atoms with Gasteiger partial charge in [0.1, 0.15) is 22.0 Å². The highest BCUT2D eigenvalue weighted by atomic mass is 79.9. The Bertz CT molecular complexity index is 1050. The van der Waals surface area contributed by atoms with E-state index in [4.69, 9.17) is 9.15 Å². The van der Waals surface area contributed by atoms with E-state index in [2.05, 4.69) is 15.9 Å². The molecule has 1 aliphatic rings. The van der Waals surface area contributed by atoms with E-state index in [9.17, 15) is 18.0 Å². The van der Waals surface area contributed by atoms with Gasteiger partial charge in [-0.2, -0.15) is 4.31 Å². The number of nitrogens with zero attached hydrogens (tertiary/aromatic N) is 2. The lowest BCUT2D eigenvalue weighted by molar-refractivity contribution is -0.131. The number of rotatable bonds is 5. The van der Waals surface area contributed by atoms with Crippen LogP contribution in [-0.2, 0) is 26.0 Å². The number of piperazine rings is 1. The van der Waals surface area contributed by atoms with E-state index in [0.29, 0.717) is 0 Å². The SMILES string of the molecule is COC(=O)c1c(C)oc(C)c1S(=O)(=O)N1CCN(C(=O)Cc2ccc(Br)cc2)CC1. The quantitative estimate of drug-likeness (QED) is 0.587. The molecule has 0 radical (unpaired) electrons. The molecule has 0 unspecified atom stereocenters. The predicted octanol–water partition coefficient (Wildman–Crippen LogP) is 2.52. The summed E-state index contributed by atoms with van der Waals surface area (Å²) in [5, 5.41) is 0. The molecule has 1 amide bonds. The molecule has 1 aromatic heterocycles. The van der Waals surface area contributed by atoms with E-state index < -0.39 is 16.0 Å². The maximum Gasteiger partial charge on any atom is 0.342 e. The van der Waals surface area contributed by atoms with Crippen molar-refractivity contribution >= 4 is 37.8 Å². The molecule has 8 nitrogen and oxygen atoms in total. The number of esters is 1. The lowest BCUT2D eigenvalue weighted by Crippen LogP contribution is -2.51. The molecule has 1 saturated heterocycles. The molecule has 0 spiro atoms. The molecular weight excluding hydrogens is 476 g/mol. The zero-order chi connectivity index (χ0) is 22.1. The summed E-state index contributed by atoms with van der Waals surface area (Å²) in [7, 11) is -2.78. The number of sulfonamides is 1. The summed E-state index contributed by atoms with van der Waals surface area (Å²) >= 11 is 3.36. The predicted molar refractivity (Wildman–Crippen MR) is 113 cm³/mol. The average Bonchev–Trinajstić information content (AvgIpc) is 3.03. The molecule has 0 bridgehead atoms. The first kappa shape index (κ1) is 22.5. The third kappa shape index (κ3) is 4.45. The first-order valence-corrected chi connectivity index (χ1v) is 11.6. The minimum Gasteiger partial charge on any atom is -0.465 e. The van der Waals surface area contributed by atoms with E-state index in [1.807, 2.05) is 24.3 Å². The third-order valence-electron chi connectivity index (χ3n) is 5.05. The second-order valence-corrected chi connectivity index (χ2v) is 9.79. The highest BCUT2D eigenvalue weighted by molar-refractivity contribution is 9.10. The Hall–Kier alpha value is -2.17. The molecule has 2 heterocycles. The molecule has 0 aliphatic carbocycles. The van der Waals surface area contributed by atoms with Crippen LogP contribution in [-0.4, -0.2) is 62.8 Å². The van der Waals surface area contributed by atoms with Gasteiger partial charge < -0.3 is 14.1 Å². The molecular formula is C20H23BrN2O6S. The standard InChI is InChI=1S/C20H23BrN2O6S/c1-13-18(20(25)28-3)19(14(2)29-13)30(26,27)23-10-8-22(9-11-23)17(24)12-15-4-6-16(21)7-5-15/h4-7H,8-12H2,1-3H3. The molecule has 0 N–H and O–H groups in total. The van der Waals surface area contributed by atoms with Crippen molar-refractivity contribution in [3.05, 3.63) is 51.4 Å². The number of hydrogen-bond donors (Lipinski definition) is 0. The lowest BCUT2D eigenvalue weighted by Gasteiger charge is -2.34. The van der Waals surface area contributed by atoms with Crippen LogP contribution < -0.4 is 0 Å². The van der Waals surface area contributed by atoms with Crippen LogP contribution in [0, 0.1) is 13.8 Å². The Labute approximate surface area is 184 Å². The maximum absolute atomic E-state index is 13.2. The van der Waals surface area contributed by atoms with Crippen molar-refractivity contribution in [1.82, 2.24) is 9.21 Å². The second kappa shape index (κ2) is 8.91. The largest absolute Gasteiger partial charge is 0.465 e. The Kier molecular flexibility index (Phi) is 6.68. The minimum absolute atomic E-state index is 0.0556. The number of carbonyl (C=O) groups is 2. The van der Waals surface area contributed by atoms with Crippen LogP contribution in [0.2, 0.25) is 0 Å². The van der Waals surface area contributed by atoms with E-state index in [-0.39, 0.29) is 60.5 Å². The summed E-state index contributed by atoms with van der Waals surface area (Å²) < 4.78 is 38.8. The number of halogens is 1. The summed E-state index contributed by atoms with van der Waals surface area (Å²) in [6, 6.07) is 7.50. The molecule has 30 heavy (non-hydrogen) atoms. The van der Waals surface area contributed by atoms with E-state index in [0.717, 1.165) is 10.0 Å². The van der Waals surface area contributed by atoms with Gasteiger partial charge in [-0.05, 0) is 31.5 Å². The fraction of sp³-hybridized carbons (Fsp3) is 0.400. The summed E-state index contributed by atoms with van der Waals surface area (Å²) in [5.74, 6) is -0.478. The fourth-order valence-electron chi connectivity index (χ4n) is 3.51. The van der Waals surface area contributed by atoms with Gasteiger partial charge in [0.05, 0.1) is 13.5 Å². The van der Waals surface area contributed by atoms with Crippen molar-refractivity contribution in [3.8, 4) is 0 Å². The molecule has 1 fully saturated rings. The number of furan rings is 1. The number of methoxy groups -OCH3 is 1. The zero-order valence-electron chi connectivity index (χ0n) is 17.0. The van der Waals surface area contributed by atoms with E-state index >= 15 is 0 Å². The van der Waals surface area contributed by atoms with Gasteiger partial charge in [-0.25, -0.2) is 13.2 Å². The van der Waals surface area contributed by atoms with Gasteiger partial charge in [-0.1, -0.05) is 28.1 Å². The van der Waals surface area contributed by atoms with Crippen molar-refractivity contribution in [2.75, 3.05) is 33.3 Å². The highest BCUT2D eigenvalue weighted by Gasteiger charge is 2.37. The summed E-state index contributed by atoms with van der Waals surface area (Å²) in [4.78, 5) is 26.2. The van der Waals surface area contributed by atoms with Crippen LogP contribution in [0.15, 0.2) is 38.1 Å². The fourth-order valence-corrected chi connectivity index (χ4v) is 5.56. The van der Waals surface area contributed by atoms with Crippen molar-refractivity contribution in [2.45, 2.75) is 25.2 Å². The summed E-state index contributed by atoms with van der Waals surface area (Å²) in [6.45, 7) is 3.86. The van der Waals surface area contributed by atoms with Crippen molar-refractivity contribution in [1.29, 1.82) is 0 Å². The monoisotopic (exact) mass is 498 g/mol. The lowest BCUT2D eigenvalue weighted by atomic mass is 10.1. The minimum atomic E-state index is -3.97. The number of amides is 1. The van der Waals surface area contributed by atoms with Gasteiger partial charge in [0, 0.05) is 30.7 Å². The topological polar surface area (TPSA) is 97.1 Å². The number of carbonyl (C=O) groups excluding carboxylic acids is 2. The van der Waals surface area contributed by atoms with Gasteiger partial charge in [0.15, 0.2) is 0 Å².